The molecule has 0 unspecified atom stereocenters. The van der Waals surface area contributed by atoms with E-state index in [0.29, 0.717) is 11.8 Å². The highest BCUT2D eigenvalue weighted by Gasteiger charge is 2.26. The second-order valence-corrected chi connectivity index (χ2v) is 8.66. The van der Waals surface area contributed by atoms with Gasteiger partial charge in [0.1, 0.15) is 0 Å². The molecule has 1 aliphatic rings. The molecule has 0 radical (unpaired) electrons. The summed E-state index contributed by atoms with van der Waals surface area (Å²) < 4.78 is 7.78. The van der Waals surface area contributed by atoms with Gasteiger partial charge in [-0.1, -0.05) is 31.0 Å². The SMILES string of the molecule is CC(C)N(C(=O)CSc1nnc(-c2ccco2)n1C1CCCCC1)C(C)C. The van der Waals surface area contributed by atoms with Gasteiger partial charge in [-0.05, 0) is 52.7 Å². The maximum Gasteiger partial charge on any atom is 0.233 e. The lowest BCUT2D eigenvalue weighted by molar-refractivity contribution is -0.131. The van der Waals surface area contributed by atoms with E-state index in [4.69, 9.17) is 4.42 Å². The fourth-order valence-corrected chi connectivity index (χ4v) is 4.87. The van der Waals surface area contributed by atoms with E-state index in [1.54, 1.807) is 6.26 Å². The molecule has 0 atom stereocenters. The van der Waals surface area contributed by atoms with Gasteiger partial charge >= 0.3 is 0 Å². The van der Waals surface area contributed by atoms with Crippen LogP contribution in [0.5, 0.6) is 0 Å². The minimum atomic E-state index is 0.141. The topological polar surface area (TPSA) is 64.2 Å². The first-order valence-corrected chi connectivity index (χ1v) is 10.9. The van der Waals surface area contributed by atoms with Crippen molar-refractivity contribution in [2.75, 3.05) is 5.75 Å². The van der Waals surface area contributed by atoms with E-state index in [0.717, 1.165) is 29.6 Å². The molecule has 6 nitrogen and oxygen atoms in total. The van der Waals surface area contributed by atoms with Crippen LogP contribution in [0, 0.1) is 0 Å². The molecule has 148 valence electrons. The van der Waals surface area contributed by atoms with Gasteiger partial charge < -0.3 is 9.32 Å². The summed E-state index contributed by atoms with van der Waals surface area (Å²) in [5, 5.41) is 9.63. The average Bonchev–Trinajstić information content (AvgIpc) is 3.29. The Balaban J connectivity index is 1.81. The highest BCUT2D eigenvalue weighted by Crippen LogP contribution is 2.35. The van der Waals surface area contributed by atoms with Crippen molar-refractivity contribution in [2.45, 2.75) is 83.1 Å². The molecule has 1 amide bonds. The lowest BCUT2D eigenvalue weighted by atomic mass is 9.95. The van der Waals surface area contributed by atoms with E-state index in [9.17, 15) is 4.79 Å². The monoisotopic (exact) mass is 390 g/mol. The number of amides is 1. The van der Waals surface area contributed by atoms with Crippen LogP contribution in [-0.4, -0.2) is 43.4 Å². The van der Waals surface area contributed by atoms with Crippen molar-refractivity contribution in [1.29, 1.82) is 0 Å². The molecular formula is C20H30N4O2S. The zero-order valence-corrected chi connectivity index (χ0v) is 17.5. The maximum atomic E-state index is 12.8. The van der Waals surface area contributed by atoms with Gasteiger partial charge in [0.2, 0.25) is 11.7 Å². The molecule has 2 aromatic heterocycles. The number of carbonyl (C=O) groups is 1. The van der Waals surface area contributed by atoms with Gasteiger partial charge in [-0.15, -0.1) is 10.2 Å². The molecule has 0 aromatic carbocycles. The summed E-state index contributed by atoms with van der Waals surface area (Å²) >= 11 is 1.49. The van der Waals surface area contributed by atoms with Gasteiger partial charge in [-0.25, -0.2) is 0 Å². The standard InChI is InChI=1S/C20H30N4O2S/c1-14(2)23(15(3)4)18(25)13-27-20-22-21-19(17-11-8-12-26-17)24(20)16-9-6-5-7-10-16/h8,11-12,14-16H,5-7,9-10,13H2,1-4H3. The highest BCUT2D eigenvalue weighted by molar-refractivity contribution is 7.99. The number of aromatic nitrogens is 3. The van der Waals surface area contributed by atoms with Crippen LogP contribution in [0.25, 0.3) is 11.6 Å². The lowest BCUT2D eigenvalue weighted by Gasteiger charge is -2.30. The van der Waals surface area contributed by atoms with Gasteiger partial charge in [-0.3, -0.25) is 9.36 Å². The summed E-state index contributed by atoms with van der Waals surface area (Å²) in [5.41, 5.74) is 0. The number of furan rings is 1. The lowest BCUT2D eigenvalue weighted by Crippen LogP contribution is -2.43. The van der Waals surface area contributed by atoms with E-state index >= 15 is 0 Å². The largest absolute Gasteiger partial charge is 0.461 e. The first-order valence-electron chi connectivity index (χ1n) is 9.91. The minimum absolute atomic E-state index is 0.141. The molecule has 0 bridgehead atoms. The predicted octanol–water partition coefficient (Wildman–Crippen LogP) is 4.78. The summed E-state index contributed by atoms with van der Waals surface area (Å²) in [5.74, 6) is 2.02. The normalized spacial score (nSPS) is 15.6. The molecule has 1 aliphatic carbocycles. The number of thioether (sulfide) groups is 1. The van der Waals surface area contributed by atoms with Crippen LogP contribution >= 0.6 is 11.8 Å². The average molecular weight is 391 g/mol. The Bertz CT molecular complexity index is 725. The minimum Gasteiger partial charge on any atom is -0.461 e. The van der Waals surface area contributed by atoms with Crippen LogP contribution < -0.4 is 0 Å². The van der Waals surface area contributed by atoms with Crippen LogP contribution in [-0.2, 0) is 4.79 Å². The Morgan fingerprint density at radius 1 is 1.22 bits per heavy atom. The van der Waals surface area contributed by atoms with Gasteiger partial charge in [0.15, 0.2) is 10.9 Å². The van der Waals surface area contributed by atoms with E-state index in [-0.39, 0.29) is 18.0 Å². The second kappa shape index (κ2) is 8.95. The molecule has 0 saturated heterocycles. The Hall–Kier alpha value is -1.76. The summed E-state index contributed by atoms with van der Waals surface area (Å²) in [6.07, 6.45) is 7.63. The third-order valence-electron chi connectivity index (χ3n) is 5.07. The fourth-order valence-electron chi connectivity index (χ4n) is 3.99. The second-order valence-electron chi connectivity index (χ2n) is 7.72. The summed E-state index contributed by atoms with van der Waals surface area (Å²) in [7, 11) is 0. The Morgan fingerprint density at radius 3 is 2.52 bits per heavy atom. The Labute approximate surface area is 165 Å². The van der Waals surface area contributed by atoms with Crippen LogP contribution in [0.3, 0.4) is 0 Å². The van der Waals surface area contributed by atoms with E-state index in [1.807, 2.05) is 17.0 Å². The number of hydrogen-bond acceptors (Lipinski definition) is 5. The summed E-state index contributed by atoms with van der Waals surface area (Å²) in [6.45, 7) is 8.23. The molecule has 2 aromatic rings. The van der Waals surface area contributed by atoms with Crippen molar-refractivity contribution >= 4 is 17.7 Å². The fraction of sp³-hybridized carbons (Fsp3) is 0.650. The quantitative estimate of drug-likeness (QED) is 0.637. The van der Waals surface area contributed by atoms with Crippen molar-refractivity contribution in [3.05, 3.63) is 18.4 Å². The van der Waals surface area contributed by atoms with Crippen molar-refractivity contribution in [1.82, 2.24) is 19.7 Å². The highest BCUT2D eigenvalue weighted by atomic mass is 32.2. The third-order valence-corrected chi connectivity index (χ3v) is 6.00. The number of rotatable bonds is 7. The third kappa shape index (κ3) is 4.57. The van der Waals surface area contributed by atoms with Gasteiger partial charge in [0.05, 0.1) is 12.0 Å². The maximum absolute atomic E-state index is 12.8. The van der Waals surface area contributed by atoms with Crippen LogP contribution in [0.2, 0.25) is 0 Å². The Morgan fingerprint density at radius 2 is 1.93 bits per heavy atom. The molecule has 1 fully saturated rings. The van der Waals surface area contributed by atoms with Crippen molar-refractivity contribution in [3.8, 4) is 11.6 Å². The van der Waals surface area contributed by atoms with Crippen molar-refractivity contribution in [3.63, 3.8) is 0 Å². The molecule has 1 saturated carbocycles. The zero-order valence-electron chi connectivity index (χ0n) is 16.7. The van der Waals surface area contributed by atoms with Crippen molar-refractivity contribution < 1.29 is 9.21 Å². The smallest absolute Gasteiger partial charge is 0.233 e. The molecule has 27 heavy (non-hydrogen) atoms. The van der Waals surface area contributed by atoms with E-state index < -0.39 is 0 Å². The number of nitrogens with zero attached hydrogens (tertiary/aromatic N) is 4. The van der Waals surface area contributed by atoms with Crippen LogP contribution in [0.15, 0.2) is 28.0 Å². The van der Waals surface area contributed by atoms with Crippen LogP contribution in [0.1, 0.15) is 65.8 Å². The number of carbonyl (C=O) groups excluding carboxylic acids is 1. The molecule has 3 rings (SSSR count). The predicted molar refractivity (Wildman–Crippen MR) is 108 cm³/mol. The molecule has 0 spiro atoms. The Kier molecular flexibility index (Phi) is 6.63. The molecule has 2 heterocycles. The zero-order chi connectivity index (χ0) is 19.4. The van der Waals surface area contributed by atoms with Gasteiger partial charge in [0, 0.05) is 18.1 Å². The first kappa shape index (κ1) is 20.0. The van der Waals surface area contributed by atoms with E-state index in [2.05, 4.69) is 42.5 Å². The van der Waals surface area contributed by atoms with Crippen molar-refractivity contribution in [2.24, 2.45) is 0 Å². The molecule has 7 heteroatoms. The molecule has 0 aliphatic heterocycles. The molecular weight excluding hydrogens is 360 g/mol. The summed E-state index contributed by atoms with van der Waals surface area (Å²) in [4.78, 5) is 14.7. The van der Waals surface area contributed by atoms with Gasteiger partial charge in [-0.2, -0.15) is 0 Å². The van der Waals surface area contributed by atoms with Gasteiger partial charge in [0.25, 0.3) is 0 Å². The first-order chi connectivity index (χ1) is 13.0. The van der Waals surface area contributed by atoms with Crippen LogP contribution in [0.4, 0.5) is 0 Å². The number of hydrogen-bond donors (Lipinski definition) is 0. The summed E-state index contributed by atoms with van der Waals surface area (Å²) in [6, 6.07) is 4.54. The van der Waals surface area contributed by atoms with E-state index in [1.165, 1.54) is 31.0 Å². The molecule has 0 N–H and O–H groups in total.